The monoisotopic (exact) mass is 758 g/mol. The number of hydrogen-bond acceptors (Lipinski definition) is 21. The molecule has 53 heavy (non-hydrogen) atoms. The molecule has 14 atom stereocenters. The molecule has 21 heteroatoms. The SMILES string of the molecule is O=c1c(O[C@@H]2O[C@H](CO)[C@@H](O)[C@H](O)[C@H]2O[C@@H]2OC[C@@H](O)[C@H](O)[C@H]2O)c(-c2ccc(O)c(O)c2)oc2cc(O[C@@H]3O[C@H](CO)[C@@H](O)[C@H](O)[C@H]3O)cc(O)c12. The quantitative estimate of drug-likeness (QED) is 0.0913. The van der Waals surface area contributed by atoms with Crippen LogP contribution in [-0.4, -0.2) is 172 Å². The van der Waals surface area contributed by atoms with Gasteiger partial charge in [0, 0.05) is 17.7 Å². The minimum atomic E-state index is -1.98. The molecule has 0 radical (unpaired) electrons. The lowest BCUT2D eigenvalue weighted by Gasteiger charge is -2.44. The van der Waals surface area contributed by atoms with Gasteiger partial charge in [-0.3, -0.25) is 4.79 Å². The fraction of sp³-hybridized carbons (Fsp3) is 0.531. The molecule has 0 saturated carbocycles. The minimum absolute atomic E-state index is 0.134. The Hall–Kier alpha value is -3.91. The predicted octanol–water partition coefficient (Wildman–Crippen LogP) is -4.60. The molecule has 3 aromatic rings. The van der Waals surface area contributed by atoms with Crippen LogP contribution in [0, 0.1) is 0 Å². The number of phenols is 3. The summed E-state index contributed by atoms with van der Waals surface area (Å²) >= 11 is 0. The van der Waals surface area contributed by atoms with E-state index < -0.39 is 151 Å². The smallest absolute Gasteiger partial charge is 0.239 e. The number of rotatable bonds is 9. The molecule has 3 aliphatic heterocycles. The summed E-state index contributed by atoms with van der Waals surface area (Å²) in [6.45, 7) is -2.18. The molecule has 6 rings (SSSR count). The lowest BCUT2D eigenvalue weighted by Crippen LogP contribution is -2.64. The molecule has 1 aromatic heterocycles. The lowest BCUT2D eigenvalue weighted by atomic mass is 9.98. The van der Waals surface area contributed by atoms with Crippen molar-refractivity contribution in [1.82, 2.24) is 0 Å². The normalized spacial score (nSPS) is 36.3. The number of phenolic OH excluding ortho intramolecular Hbond substituents is 3. The zero-order chi connectivity index (χ0) is 38.5. The van der Waals surface area contributed by atoms with Crippen LogP contribution in [0.15, 0.2) is 39.5 Å². The Morgan fingerprint density at radius 1 is 0.660 bits per heavy atom. The van der Waals surface area contributed by atoms with Crippen molar-refractivity contribution in [3.05, 3.63) is 40.6 Å². The number of aromatic hydroxyl groups is 3. The fourth-order valence-electron chi connectivity index (χ4n) is 6.05. The van der Waals surface area contributed by atoms with E-state index in [0.717, 1.165) is 24.3 Å². The Morgan fingerprint density at radius 2 is 1.30 bits per heavy atom. The van der Waals surface area contributed by atoms with Crippen molar-refractivity contribution < 1.29 is 99.2 Å². The second kappa shape index (κ2) is 15.4. The zero-order valence-electron chi connectivity index (χ0n) is 27.2. The molecule has 0 bridgehead atoms. The van der Waals surface area contributed by atoms with Crippen molar-refractivity contribution in [3.63, 3.8) is 0 Å². The molecule has 21 nitrogen and oxygen atoms in total. The first kappa shape index (κ1) is 38.8. The molecule has 4 heterocycles. The molecule has 0 unspecified atom stereocenters. The molecule has 3 aliphatic rings. The van der Waals surface area contributed by atoms with E-state index in [-0.39, 0.29) is 11.3 Å². The van der Waals surface area contributed by atoms with E-state index in [9.17, 15) is 71.2 Å². The second-order valence-electron chi connectivity index (χ2n) is 12.6. The molecular formula is C32H38O21. The first-order chi connectivity index (χ1) is 25.1. The highest BCUT2D eigenvalue weighted by atomic mass is 16.8. The average Bonchev–Trinajstić information content (AvgIpc) is 3.13. The van der Waals surface area contributed by atoms with E-state index >= 15 is 0 Å². The van der Waals surface area contributed by atoms with Crippen LogP contribution < -0.4 is 14.9 Å². The summed E-state index contributed by atoms with van der Waals surface area (Å²) in [6.07, 6.45) is -24.5. The van der Waals surface area contributed by atoms with Gasteiger partial charge in [0.1, 0.15) is 83.5 Å². The molecule has 13 N–H and O–H groups in total. The van der Waals surface area contributed by atoms with Gasteiger partial charge in [-0.1, -0.05) is 0 Å². The van der Waals surface area contributed by atoms with Crippen LogP contribution in [0.4, 0.5) is 0 Å². The highest BCUT2D eigenvalue weighted by Gasteiger charge is 2.50. The molecule has 2 aromatic carbocycles. The maximum Gasteiger partial charge on any atom is 0.239 e. The molecule has 3 fully saturated rings. The first-order valence-corrected chi connectivity index (χ1v) is 16.1. The van der Waals surface area contributed by atoms with Crippen molar-refractivity contribution in [2.45, 2.75) is 86.0 Å². The van der Waals surface area contributed by atoms with Gasteiger partial charge in [-0.2, -0.15) is 0 Å². The van der Waals surface area contributed by atoms with Crippen LogP contribution in [0.3, 0.4) is 0 Å². The maximum absolute atomic E-state index is 14.2. The van der Waals surface area contributed by atoms with Gasteiger partial charge >= 0.3 is 0 Å². The summed E-state index contributed by atoms with van der Waals surface area (Å²) in [6, 6.07) is 5.12. The van der Waals surface area contributed by atoms with Crippen molar-refractivity contribution in [3.8, 4) is 40.1 Å². The van der Waals surface area contributed by atoms with Crippen molar-refractivity contribution in [2.24, 2.45) is 0 Å². The fourth-order valence-corrected chi connectivity index (χ4v) is 6.05. The Morgan fingerprint density at radius 3 is 1.96 bits per heavy atom. The molecule has 0 aliphatic carbocycles. The number of hydrogen-bond donors (Lipinski definition) is 13. The Labute approximate surface area is 296 Å². The highest BCUT2D eigenvalue weighted by Crippen LogP contribution is 2.40. The Bertz CT molecular complexity index is 1820. The van der Waals surface area contributed by atoms with Crippen LogP contribution in [-0.2, 0) is 18.9 Å². The van der Waals surface area contributed by atoms with E-state index in [2.05, 4.69) is 0 Å². The van der Waals surface area contributed by atoms with Gasteiger partial charge in [-0.15, -0.1) is 0 Å². The van der Waals surface area contributed by atoms with Crippen molar-refractivity contribution >= 4 is 11.0 Å². The third-order valence-electron chi connectivity index (χ3n) is 9.05. The van der Waals surface area contributed by atoms with E-state index in [0.29, 0.717) is 0 Å². The number of aliphatic hydroxyl groups is 10. The van der Waals surface area contributed by atoms with Crippen LogP contribution in [0.25, 0.3) is 22.3 Å². The van der Waals surface area contributed by atoms with Gasteiger partial charge in [-0.05, 0) is 18.2 Å². The Balaban J connectivity index is 1.42. The highest BCUT2D eigenvalue weighted by molar-refractivity contribution is 5.88. The molecule has 0 amide bonds. The topological polar surface area (TPSA) is 349 Å². The summed E-state index contributed by atoms with van der Waals surface area (Å²) in [5.74, 6) is -3.69. The van der Waals surface area contributed by atoms with Gasteiger partial charge < -0.3 is 99.2 Å². The van der Waals surface area contributed by atoms with Gasteiger partial charge in [0.05, 0.1) is 19.8 Å². The van der Waals surface area contributed by atoms with E-state index in [1.54, 1.807) is 0 Å². The average molecular weight is 759 g/mol. The minimum Gasteiger partial charge on any atom is -0.507 e. The summed E-state index contributed by atoms with van der Waals surface area (Å²) in [5, 5.41) is 133. The second-order valence-corrected chi connectivity index (χ2v) is 12.6. The van der Waals surface area contributed by atoms with Gasteiger partial charge in [0.15, 0.2) is 29.7 Å². The van der Waals surface area contributed by atoms with Gasteiger partial charge in [0.2, 0.25) is 23.8 Å². The molecule has 0 spiro atoms. The summed E-state index contributed by atoms with van der Waals surface area (Å²) in [4.78, 5) is 14.2. The van der Waals surface area contributed by atoms with Crippen LogP contribution in [0.1, 0.15) is 0 Å². The number of benzene rings is 2. The Kier molecular flexibility index (Phi) is 11.3. The van der Waals surface area contributed by atoms with Crippen LogP contribution in [0.5, 0.6) is 28.7 Å². The maximum atomic E-state index is 14.2. The van der Waals surface area contributed by atoms with E-state index in [1.165, 1.54) is 6.07 Å². The molecule has 3 saturated heterocycles. The third kappa shape index (κ3) is 7.33. The van der Waals surface area contributed by atoms with Crippen molar-refractivity contribution in [1.29, 1.82) is 0 Å². The third-order valence-corrected chi connectivity index (χ3v) is 9.05. The van der Waals surface area contributed by atoms with Crippen LogP contribution >= 0.6 is 0 Å². The summed E-state index contributed by atoms with van der Waals surface area (Å²) in [7, 11) is 0. The lowest BCUT2D eigenvalue weighted by molar-refractivity contribution is -0.345. The largest absolute Gasteiger partial charge is 0.507 e. The van der Waals surface area contributed by atoms with Gasteiger partial charge in [-0.25, -0.2) is 0 Å². The number of ether oxygens (including phenoxy) is 6. The standard InChI is InChI=1S/C32H38O21/c33-6-16-20(40)23(43)26(46)31(50-16)48-10-4-13(37)18-15(5-10)49-27(9-1-2-11(35)12(36)3-9)28(22(18)42)52-32-29(24(44)21(41)17(7-34)51-32)53-30-25(45)19(39)14(38)8-47-30/h1-5,14,16-17,19-21,23-26,29-41,43-46H,6-8H2/t14-,16-,17-,19+,20-,21-,23+,24+,25-,26-,29-,30+,31-,32+/m1/s1. The summed E-state index contributed by atoms with van der Waals surface area (Å²) < 4.78 is 39.3. The number of aliphatic hydroxyl groups excluding tert-OH is 10. The van der Waals surface area contributed by atoms with Crippen LogP contribution in [0.2, 0.25) is 0 Å². The zero-order valence-corrected chi connectivity index (χ0v) is 27.2. The number of fused-ring (bicyclic) bond motifs is 1. The molecular weight excluding hydrogens is 720 g/mol. The van der Waals surface area contributed by atoms with Crippen molar-refractivity contribution in [2.75, 3.05) is 19.8 Å². The first-order valence-electron chi connectivity index (χ1n) is 16.1. The van der Waals surface area contributed by atoms with E-state index in [1.807, 2.05) is 0 Å². The van der Waals surface area contributed by atoms with Gasteiger partial charge in [0.25, 0.3) is 0 Å². The molecule has 292 valence electrons. The summed E-state index contributed by atoms with van der Waals surface area (Å²) in [5.41, 5.74) is -1.69. The predicted molar refractivity (Wildman–Crippen MR) is 168 cm³/mol. The van der Waals surface area contributed by atoms with E-state index in [4.69, 9.17) is 32.8 Å².